The Kier molecular flexibility index (Phi) is 5.15. The minimum absolute atomic E-state index is 0.0954. The van der Waals surface area contributed by atoms with E-state index < -0.39 is 0 Å². The van der Waals surface area contributed by atoms with Gasteiger partial charge in [-0.2, -0.15) is 5.10 Å². The van der Waals surface area contributed by atoms with E-state index in [1.54, 1.807) is 0 Å². The summed E-state index contributed by atoms with van der Waals surface area (Å²) in [5.41, 5.74) is 3.97. The molecule has 0 spiro atoms. The fourth-order valence-corrected chi connectivity index (χ4v) is 3.46. The van der Waals surface area contributed by atoms with Crippen molar-refractivity contribution in [3.8, 4) is 16.9 Å². The number of aromatic nitrogens is 2. The van der Waals surface area contributed by atoms with Gasteiger partial charge < -0.3 is 5.32 Å². The zero-order chi connectivity index (χ0) is 18.5. The van der Waals surface area contributed by atoms with E-state index in [0.29, 0.717) is 18.9 Å². The number of para-hydroxylation sites is 1. The number of carbonyl (C=O) groups excluding carboxylic acids is 1. The smallest absolute Gasteiger partial charge is 0.220 e. The molecule has 1 N–H and O–H groups in total. The van der Waals surface area contributed by atoms with Crippen LogP contribution < -0.4 is 5.32 Å². The Morgan fingerprint density at radius 1 is 1.07 bits per heavy atom. The molecule has 1 atom stereocenters. The average Bonchev–Trinajstić information content (AvgIpc) is 3.37. The van der Waals surface area contributed by atoms with Crippen LogP contribution >= 0.6 is 0 Å². The van der Waals surface area contributed by atoms with E-state index >= 15 is 0 Å². The van der Waals surface area contributed by atoms with E-state index in [9.17, 15) is 4.79 Å². The summed E-state index contributed by atoms with van der Waals surface area (Å²) in [5, 5.41) is 7.86. The third-order valence-electron chi connectivity index (χ3n) is 4.89. The molecule has 27 heavy (non-hydrogen) atoms. The van der Waals surface area contributed by atoms with Crippen molar-refractivity contribution in [2.45, 2.75) is 25.8 Å². The highest BCUT2D eigenvalue weighted by Crippen LogP contribution is 2.24. The van der Waals surface area contributed by atoms with Gasteiger partial charge in [0, 0.05) is 30.3 Å². The first-order chi connectivity index (χ1) is 13.3. The van der Waals surface area contributed by atoms with Crippen LogP contribution in [0.5, 0.6) is 0 Å². The van der Waals surface area contributed by atoms with Crippen LogP contribution in [0.2, 0.25) is 0 Å². The van der Waals surface area contributed by atoms with Gasteiger partial charge in [0.2, 0.25) is 5.91 Å². The second-order valence-electron chi connectivity index (χ2n) is 6.90. The van der Waals surface area contributed by atoms with Crippen LogP contribution in [-0.4, -0.2) is 15.7 Å². The van der Waals surface area contributed by atoms with Gasteiger partial charge in [-0.1, -0.05) is 60.7 Å². The standard InChI is InChI=1S/C23H23N3O/c27-22(15-18-9-7-8-10-18)24-16-20-17-26(21-13-5-2-6-14-21)25-23(20)19-11-3-1-4-12-19/h1-7,9,11-14,17-18H,8,10,15-16H2,(H,24,27)/t18-/m0/s1. The molecular formula is C23H23N3O. The Bertz CT molecular complexity index is 929. The number of carbonyl (C=O) groups is 1. The molecular weight excluding hydrogens is 334 g/mol. The molecule has 0 unspecified atom stereocenters. The molecule has 136 valence electrons. The Morgan fingerprint density at radius 2 is 1.81 bits per heavy atom. The molecule has 2 aromatic carbocycles. The van der Waals surface area contributed by atoms with Crippen LogP contribution in [0, 0.1) is 5.92 Å². The van der Waals surface area contributed by atoms with Gasteiger partial charge in [0.1, 0.15) is 0 Å². The van der Waals surface area contributed by atoms with Crippen LogP contribution in [0.3, 0.4) is 0 Å². The van der Waals surface area contributed by atoms with Gasteiger partial charge in [0.15, 0.2) is 0 Å². The number of allylic oxidation sites excluding steroid dienone is 2. The van der Waals surface area contributed by atoms with Gasteiger partial charge in [0.25, 0.3) is 0 Å². The van der Waals surface area contributed by atoms with E-state index in [1.165, 1.54) is 0 Å². The Balaban J connectivity index is 1.55. The molecule has 1 aliphatic rings. The lowest BCUT2D eigenvalue weighted by molar-refractivity contribution is -0.121. The summed E-state index contributed by atoms with van der Waals surface area (Å²) in [5.74, 6) is 0.476. The van der Waals surface area contributed by atoms with E-state index in [2.05, 4.69) is 17.5 Å². The molecule has 3 aromatic rings. The van der Waals surface area contributed by atoms with Crippen molar-refractivity contribution < 1.29 is 4.79 Å². The second kappa shape index (κ2) is 8.04. The minimum Gasteiger partial charge on any atom is -0.352 e. The van der Waals surface area contributed by atoms with E-state index in [4.69, 9.17) is 5.10 Å². The fraction of sp³-hybridized carbons (Fsp3) is 0.217. The number of benzene rings is 2. The third kappa shape index (κ3) is 4.17. The van der Waals surface area contributed by atoms with Gasteiger partial charge in [-0.15, -0.1) is 0 Å². The third-order valence-corrected chi connectivity index (χ3v) is 4.89. The van der Waals surface area contributed by atoms with Crippen molar-refractivity contribution in [2.75, 3.05) is 0 Å². The maximum absolute atomic E-state index is 12.3. The monoisotopic (exact) mass is 357 g/mol. The molecule has 0 bridgehead atoms. The number of amides is 1. The molecule has 4 heteroatoms. The zero-order valence-corrected chi connectivity index (χ0v) is 15.2. The predicted octanol–water partition coefficient (Wildman–Crippen LogP) is 4.51. The molecule has 1 amide bonds. The number of rotatable bonds is 6. The summed E-state index contributed by atoms with van der Waals surface area (Å²) in [6.45, 7) is 0.479. The van der Waals surface area contributed by atoms with Gasteiger partial charge in [-0.05, 0) is 30.9 Å². The average molecular weight is 357 g/mol. The van der Waals surface area contributed by atoms with Crippen molar-refractivity contribution in [3.05, 3.63) is 84.6 Å². The molecule has 1 aromatic heterocycles. The first-order valence-electron chi connectivity index (χ1n) is 9.42. The largest absolute Gasteiger partial charge is 0.352 e. The molecule has 1 heterocycles. The van der Waals surface area contributed by atoms with Crippen molar-refractivity contribution in [2.24, 2.45) is 5.92 Å². The SMILES string of the molecule is O=C(C[C@H]1C=CCC1)NCc1cn(-c2ccccc2)nc1-c1ccccc1. The summed E-state index contributed by atoms with van der Waals surface area (Å²) in [6, 6.07) is 20.1. The van der Waals surface area contributed by atoms with Crippen LogP contribution in [0.1, 0.15) is 24.8 Å². The van der Waals surface area contributed by atoms with E-state index in [1.807, 2.05) is 71.5 Å². The molecule has 1 aliphatic carbocycles. The number of nitrogens with one attached hydrogen (secondary N) is 1. The van der Waals surface area contributed by atoms with Crippen molar-refractivity contribution >= 4 is 5.91 Å². The molecule has 0 radical (unpaired) electrons. The van der Waals surface area contributed by atoms with Gasteiger partial charge in [-0.3, -0.25) is 4.79 Å². The highest BCUT2D eigenvalue weighted by molar-refractivity contribution is 5.77. The van der Waals surface area contributed by atoms with Crippen molar-refractivity contribution in [3.63, 3.8) is 0 Å². The summed E-state index contributed by atoms with van der Waals surface area (Å²) in [4.78, 5) is 12.3. The molecule has 0 aliphatic heterocycles. The normalized spacial score (nSPS) is 15.8. The maximum Gasteiger partial charge on any atom is 0.220 e. The first kappa shape index (κ1) is 17.3. The Labute approximate surface area is 159 Å². The van der Waals surface area contributed by atoms with Crippen LogP contribution in [0.25, 0.3) is 16.9 Å². The Morgan fingerprint density at radius 3 is 2.52 bits per heavy atom. The molecule has 0 saturated heterocycles. The van der Waals surface area contributed by atoms with Crippen LogP contribution in [0.15, 0.2) is 79.0 Å². The first-order valence-corrected chi connectivity index (χ1v) is 9.42. The lowest BCUT2D eigenvalue weighted by Gasteiger charge is -2.09. The quantitative estimate of drug-likeness (QED) is 0.660. The lowest BCUT2D eigenvalue weighted by atomic mass is 10.0. The van der Waals surface area contributed by atoms with Crippen LogP contribution in [0.4, 0.5) is 0 Å². The molecule has 0 fully saturated rings. The second-order valence-corrected chi connectivity index (χ2v) is 6.90. The highest BCUT2D eigenvalue weighted by atomic mass is 16.1. The van der Waals surface area contributed by atoms with Gasteiger partial charge in [0.05, 0.1) is 11.4 Å². The minimum atomic E-state index is 0.0954. The fourth-order valence-electron chi connectivity index (χ4n) is 3.46. The number of nitrogens with zero attached hydrogens (tertiary/aromatic N) is 2. The summed E-state index contributed by atoms with van der Waals surface area (Å²) >= 11 is 0. The van der Waals surface area contributed by atoms with Gasteiger partial charge >= 0.3 is 0 Å². The van der Waals surface area contributed by atoms with Crippen molar-refractivity contribution in [1.82, 2.24) is 15.1 Å². The Hall–Kier alpha value is -3.14. The highest BCUT2D eigenvalue weighted by Gasteiger charge is 2.16. The van der Waals surface area contributed by atoms with E-state index in [0.717, 1.165) is 35.3 Å². The zero-order valence-electron chi connectivity index (χ0n) is 15.2. The topological polar surface area (TPSA) is 46.9 Å². The predicted molar refractivity (Wildman–Crippen MR) is 107 cm³/mol. The van der Waals surface area contributed by atoms with Crippen LogP contribution in [-0.2, 0) is 11.3 Å². The summed E-state index contributed by atoms with van der Waals surface area (Å²) in [7, 11) is 0. The summed E-state index contributed by atoms with van der Waals surface area (Å²) in [6.07, 6.45) is 9.05. The maximum atomic E-state index is 12.3. The number of hydrogen-bond acceptors (Lipinski definition) is 2. The molecule has 4 nitrogen and oxygen atoms in total. The molecule has 0 saturated carbocycles. The lowest BCUT2D eigenvalue weighted by Crippen LogP contribution is -2.24. The van der Waals surface area contributed by atoms with E-state index in [-0.39, 0.29) is 5.91 Å². The van der Waals surface area contributed by atoms with Gasteiger partial charge in [-0.25, -0.2) is 4.68 Å². The number of hydrogen-bond donors (Lipinski definition) is 1. The molecule has 4 rings (SSSR count). The van der Waals surface area contributed by atoms with Crippen molar-refractivity contribution in [1.29, 1.82) is 0 Å². The summed E-state index contributed by atoms with van der Waals surface area (Å²) < 4.78 is 1.88.